The Hall–Kier alpha value is -2.27. The SMILES string of the molecule is COc1cc2c(cc1OCCN(C)C)[nH]c1ccnc(C3CC3)c12. The van der Waals surface area contributed by atoms with Crippen molar-refractivity contribution in [2.75, 3.05) is 34.4 Å². The Balaban J connectivity index is 1.80. The summed E-state index contributed by atoms with van der Waals surface area (Å²) in [6.45, 7) is 1.49. The van der Waals surface area contributed by atoms with Gasteiger partial charge in [-0.25, -0.2) is 0 Å². The highest BCUT2D eigenvalue weighted by Crippen LogP contribution is 2.45. The zero-order chi connectivity index (χ0) is 16.7. The number of pyridine rings is 1. The van der Waals surface area contributed by atoms with Crippen molar-refractivity contribution >= 4 is 21.8 Å². The Morgan fingerprint density at radius 1 is 1.21 bits per heavy atom. The molecule has 1 N–H and O–H groups in total. The van der Waals surface area contributed by atoms with E-state index in [1.165, 1.54) is 23.9 Å². The summed E-state index contributed by atoms with van der Waals surface area (Å²) in [6.07, 6.45) is 4.38. The van der Waals surface area contributed by atoms with Gasteiger partial charge in [-0.3, -0.25) is 4.98 Å². The molecule has 126 valence electrons. The van der Waals surface area contributed by atoms with Crippen LogP contribution in [-0.4, -0.2) is 49.2 Å². The van der Waals surface area contributed by atoms with E-state index in [4.69, 9.17) is 9.47 Å². The van der Waals surface area contributed by atoms with Gasteiger partial charge >= 0.3 is 0 Å². The van der Waals surface area contributed by atoms with E-state index in [1.54, 1.807) is 7.11 Å². The number of fused-ring (bicyclic) bond motifs is 3. The molecule has 24 heavy (non-hydrogen) atoms. The molecule has 0 spiro atoms. The lowest BCUT2D eigenvalue weighted by molar-refractivity contribution is 0.251. The number of methoxy groups -OCH3 is 1. The number of aromatic nitrogens is 2. The monoisotopic (exact) mass is 325 g/mol. The molecule has 5 heteroatoms. The van der Waals surface area contributed by atoms with Gasteiger partial charge < -0.3 is 19.4 Å². The lowest BCUT2D eigenvalue weighted by Crippen LogP contribution is -2.19. The topological polar surface area (TPSA) is 50.4 Å². The molecule has 0 bridgehead atoms. The second-order valence-corrected chi connectivity index (χ2v) is 6.72. The maximum absolute atomic E-state index is 5.93. The van der Waals surface area contributed by atoms with Crippen molar-refractivity contribution in [3.8, 4) is 11.5 Å². The number of H-pyrrole nitrogens is 1. The van der Waals surface area contributed by atoms with Gasteiger partial charge in [-0.05, 0) is 39.1 Å². The third-order valence-corrected chi connectivity index (χ3v) is 4.58. The largest absolute Gasteiger partial charge is 0.493 e. The second-order valence-electron chi connectivity index (χ2n) is 6.72. The van der Waals surface area contributed by atoms with Crippen LogP contribution in [0.5, 0.6) is 11.5 Å². The Kier molecular flexibility index (Phi) is 3.81. The minimum Gasteiger partial charge on any atom is -0.493 e. The Morgan fingerprint density at radius 3 is 2.75 bits per heavy atom. The summed E-state index contributed by atoms with van der Waals surface area (Å²) in [5.41, 5.74) is 3.41. The molecule has 1 aromatic carbocycles. The summed E-state index contributed by atoms with van der Waals surface area (Å²) in [4.78, 5) is 10.2. The third kappa shape index (κ3) is 2.69. The third-order valence-electron chi connectivity index (χ3n) is 4.58. The van der Waals surface area contributed by atoms with Crippen molar-refractivity contribution in [3.63, 3.8) is 0 Å². The van der Waals surface area contributed by atoms with Gasteiger partial charge in [0.1, 0.15) is 6.61 Å². The van der Waals surface area contributed by atoms with E-state index in [0.29, 0.717) is 12.5 Å². The number of nitrogens with zero attached hydrogens (tertiary/aromatic N) is 2. The number of ether oxygens (including phenoxy) is 2. The fourth-order valence-electron chi connectivity index (χ4n) is 3.16. The van der Waals surface area contributed by atoms with Crippen molar-refractivity contribution in [2.24, 2.45) is 0 Å². The highest BCUT2D eigenvalue weighted by Gasteiger charge is 2.28. The maximum atomic E-state index is 5.93. The summed E-state index contributed by atoms with van der Waals surface area (Å²) in [5, 5.41) is 2.39. The van der Waals surface area contributed by atoms with Crippen LogP contribution in [0.1, 0.15) is 24.5 Å². The van der Waals surface area contributed by atoms with Crippen LogP contribution < -0.4 is 9.47 Å². The summed E-state index contributed by atoms with van der Waals surface area (Å²) < 4.78 is 11.5. The predicted molar refractivity (Wildman–Crippen MR) is 96.2 cm³/mol. The highest BCUT2D eigenvalue weighted by atomic mass is 16.5. The molecule has 1 fully saturated rings. The molecule has 3 aromatic rings. The molecule has 0 unspecified atom stereocenters. The predicted octanol–water partition coefficient (Wildman–Crippen LogP) is 3.54. The van der Waals surface area contributed by atoms with E-state index in [9.17, 15) is 0 Å². The summed E-state index contributed by atoms with van der Waals surface area (Å²) in [5.74, 6) is 2.15. The van der Waals surface area contributed by atoms with Crippen LogP contribution in [0.15, 0.2) is 24.4 Å². The smallest absolute Gasteiger partial charge is 0.163 e. The van der Waals surface area contributed by atoms with Crippen LogP contribution in [0.4, 0.5) is 0 Å². The molecule has 0 amide bonds. The lowest BCUT2D eigenvalue weighted by atomic mass is 10.1. The summed E-state index contributed by atoms with van der Waals surface area (Å²) in [7, 11) is 5.76. The van der Waals surface area contributed by atoms with E-state index in [0.717, 1.165) is 34.5 Å². The number of hydrogen-bond donors (Lipinski definition) is 1. The van der Waals surface area contributed by atoms with E-state index in [1.807, 2.05) is 32.4 Å². The van der Waals surface area contributed by atoms with Crippen LogP contribution >= 0.6 is 0 Å². The molecule has 0 radical (unpaired) electrons. The van der Waals surface area contributed by atoms with Gasteiger partial charge in [0.05, 0.1) is 18.3 Å². The molecule has 1 saturated carbocycles. The first-order valence-corrected chi connectivity index (χ1v) is 8.43. The molecule has 5 nitrogen and oxygen atoms in total. The number of nitrogens with one attached hydrogen (secondary N) is 1. The van der Waals surface area contributed by atoms with Crippen molar-refractivity contribution in [3.05, 3.63) is 30.1 Å². The van der Waals surface area contributed by atoms with Crippen LogP contribution in [0.25, 0.3) is 21.8 Å². The molecule has 2 aromatic heterocycles. The van der Waals surface area contributed by atoms with Gasteiger partial charge in [0, 0.05) is 41.0 Å². The maximum Gasteiger partial charge on any atom is 0.163 e. The first-order chi connectivity index (χ1) is 11.7. The Morgan fingerprint density at radius 2 is 2.04 bits per heavy atom. The number of likely N-dealkylation sites (N-methyl/N-ethyl adjacent to an activating group) is 1. The van der Waals surface area contributed by atoms with Gasteiger partial charge in [-0.1, -0.05) is 0 Å². The van der Waals surface area contributed by atoms with Crippen molar-refractivity contribution in [1.82, 2.24) is 14.9 Å². The summed E-state index contributed by atoms with van der Waals surface area (Å²) in [6, 6.07) is 6.16. The molecule has 0 atom stereocenters. The van der Waals surface area contributed by atoms with Crippen molar-refractivity contribution < 1.29 is 9.47 Å². The summed E-state index contributed by atoms with van der Waals surface area (Å²) >= 11 is 0. The van der Waals surface area contributed by atoms with Gasteiger partial charge in [-0.2, -0.15) is 0 Å². The average molecular weight is 325 g/mol. The van der Waals surface area contributed by atoms with Crippen LogP contribution in [0.2, 0.25) is 0 Å². The first-order valence-electron chi connectivity index (χ1n) is 8.43. The number of aromatic amines is 1. The Labute approximate surface area is 141 Å². The van der Waals surface area contributed by atoms with Crippen molar-refractivity contribution in [1.29, 1.82) is 0 Å². The number of hydrogen-bond acceptors (Lipinski definition) is 4. The normalized spacial score (nSPS) is 14.7. The van der Waals surface area contributed by atoms with Gasteiger partial charge in [0.15, 0.2) is 11.5 Å². The molecule has 1 aliphatic rings. The molecular weight excluding hydrogens is 302 g/mol. The second kappa shape index (κ2) is 5.98. The van der Waals surface area contributed by atoms with E-state index >= 15 is 0 Å². The fraction of sp³-hybridized carbons (Fsp3) is 0.421. The molecule has 2 heterocycles. The minimum atomic E-state index is 0.606. The van der Waals surface area contributed by atoms with Gasteiger partial charge in [0.25, 0.3) is 0 Å². The zero-order valence-corrected chi connectivity index (χ0v) is 14.4. The lowest BCUT2D eigenvalue weighted by Gasteiger charge is -2.13. The minimum absolute atomic E-state index is 0.606. The van der Waals surface area contributed by atoms with Crippen molar-refractivity contribution in [2.45, 2.75) is 18.8 Å². The van der Waals surface area contributed by atoms with E-state index < -0.39 is 0 Å². The van der Waals surface area contributed by atoms with E-state index in [-0.39, 0.29) is 0 Å². The molecule has 0 aliphatic heterocycles. The fourth-order valence-corrected chi connectivity index (χ4v) is 3.16. The van der Waals surface area contributed by atoms with Gasteiger partial charge in [0.2, 0.25) is 0 Å². The van der Waals surface area contributed by atoms with Gasteiger partial charge in [-0.15, -0.1) is 0 Å². The number of rotatable bonds is 6. The van der Waals surface area contributed by atoms with E-state index in [2.05, 4.69) is 20.9 Å². The standard InChI is InChI=1S/C19H23N3O2/c1-22(2)8-9-24-17-11-15-13(10-16(17)23-3)18-14(21-15)6-7-20-19(18)12-4-5-12/h6-7,10-12,21H,4-5,8-9H2,1-3H3. The molecule has 0 saturated heterocycles. The van der Waals surface area contributed by atoms with Crippen LogP contribution in [0.3, 0.4) is 0 Å². The molecule has 4 rings (SSSR count). The Bertz CT molecular complexity index is 881. The first kappa shape index (κ1) is 15.3. The quantitative estimate of drug-likeness (QED) is 0.753. The van der Waals surface area contributed by atoms with Crippen LogP contribution in [0, 0.1) is 0 Å². The number of benzene rings is 1. The molecule has 1 aliphatic carbocycles. The average Bonchev–Trinajstić information content (AvgIpc) is 3.34. The van der Waals surface area contributed by atoms with Crippen LogP contribution in [-0.2, 0) is 0 Å². The highest BCUT2D eigenvalue weighted by molar-refractivity contribution is 6.09. The zero-order valence-electron chi connectivity index (χ0n) is 14.4. The molecular formula is C19H23N3O2.